The van der Waals surface area contributed by atoms with Crippen molar-refractivity contribution in [1.82, 2.24) is 5.32 Å². The minimum Gasteiger partial charge on any atom is -0.314 e. The van der Waals surface area contributed by atoms with Gasteiger partial charge in [-0.15, -0.1) is 0 Å². The van der Waals surface area contributed by atoms with Crippen LogP contribution >= 0.6 is 0 Å². The summed E-state index contributed by atoms with van der Waals surface area (Å²) in [5, 5.41) is 3.63. The quantitative estimate of drug-likeness (QED) is 0.632. The summed E-state index contributed by atoms with van der Waals surface area (Å²) in [5.41, 5.74) is 0. The van der Waals surface area contributed by atoms with Gasteiger partial charge < -0.3 is 5.32 Å². The molecule has 1 saturated carbocycles. The SMILES string of the molecule is CC1CC(C2CCC2)CNC1C. The fraction of sp³-hybridized carbons (Fsp3) is 1.00. The summed E-state index contributed by atoms with van der Waals surface area (Å²) >= 11 is 0. The van der Waals surface area contributed by atoms with Crippen LogP contribution in [0.25, 0.3) is 0 Å². The van der Waals surface area contributed by atoms with Crippen LogP contribution in [0.4, 0.5) is 0 Å². The van der Waals surface area contributed by atoms with E-state index >= 15 is 0 Å². The van der Waals surface area contributed by atoms with Crippen LogP contribution in [0.3, 0.4) is 0 Å². The van der Waals surface area contributed by atoms with Crippen LogP contribution < -0.4 is 5.32 Å². The van der Waals surface area contributed by atoms with Crippen LogP contribution in [0.5, 0.6) is 0 Å². The molecule has 0 aromatic carbocycles. The number of piperidine rings is 1. The maximum Gasteiger partial charge on any atom is 0.00645 e. The predicted molar refractivity (Wildman–Crippen MR) is 52.1 cm³/mol. The normalized spacial score (nSPS) is 44.0. The Hall–Kier alpha value is -0.0400. The molecule has 12 heavy (non-hydrogen) atoms. The summed E-state index contributed by atoms with van der Waals surface area (Å²) < 4.78 is 0. The van der Waals surface area contributed by atoms with Crippen molar-refractivity contribution in [3.63, 3.8) is 0 Å². The second-order valence-electron chi connectivity index (χ2n) is 4.86. The number of nitrogens with one attached hydrogen (secondary N) is 1. The Morgan fingerprint density at radius 3 is 2.33 bits per heavy atom. The van der Waals surface area contributed by atoms with Gasteiger partial charge in [0, 0.05) is 6.04 Å². The molecule has 2 rings (SSSR count). The Morgan fingerprint density at radius 2 is 1.83 bits per heavy atom. The van der Waals surface area contributed by atoms with E-state index in [0.717, 1.165) is 23.8 Å². The van der Waals surface area contributed by atoms with Crippen LogP contribution in [0.15, 0.2) is 0 Å². The van der Waals surface area contributed by atoms with Crippen molar-refractivity contribution in [2.75, 3.05) is 6.54 Å². The lowest BCUT2D eigenvalue weighted by Gasteiger charge is -2.41. The second kappa shape index (κ2) is 3.37. The standard InChI is InChI=1S/C11H21N/c1-8-6-11(7-12-9(8)2)10-4-3-5-10/h8-12H,3-7H2,1-2H3. The largest absolute Gasteiger partial charge is 0.314 e. The first-order chi connectivity index (χ1) is 5.77. The molecule has 3 unspecified atom stereocenters. The first-order valence-corrected chi connectivity index (χ1v) is 5.50. The molecule has 1 heteroatoms. The van der Waals surface area contributed by atoms with Gasteiger partial charge in [-0.2, -0.15) is 0 Å². The fourth-order valence-electron chi connectivity index (χ4n) is 2.57. The number of rotatable bonds is 1. The van der Waals surface area contributed by atoms with Gasteiger partial charge in [-0.05, 0) is 37.6 Å². The first-order valence-electron chi connectivity index (χ1n) is 5.50. The van der Waals surface area contributed by atoms with Gasteiger partial charge in [0.25, 0.3) is 0 Å². The Bertz CT molecular complexity index is 151. The third kappa shape index (κ3) is 1.52. The Kier molecular flexibility index (Phi) is 2.40. The summed E-state index contributed by atoms with van der Waals surface area (Å²) in [5.74, 6) is 2.97. The van der Waals surface area contributed by atoms with E-state index in [1.807, 2.05) is 0 Å². The molecule has 0 aromatic heterocycles. The Labute approximate surface area is 75.9 Å². The summed E-state index contributed by atoms with van der Waals surface area (Å²) in [4.78, 5) is 0. The molecule has 1 nitrogen and oxygen atoms in total. The van der Waals surface area contributed by atoms with Gasteiger partial charge >= 0.3 is 0 Å². The van der Waals surface area contributed by atoms with E-state index in [1.54, 1.807) is 0 Å². The molecule has 3 atom stereocenters. The van der Waals surface area contributed by atoms with Crippen LogP contribution in [0, 0.1) is 17.8 Å². The predicted octanol–water partition coefficient (Wildman–Crippen LogP) is 2.42. The highest BCUT2D eigenvalue weighted by Gasteiger charge is 2.32. The zero-order valence-corrected chi connectivity index (χ0v) is 8.34. The van der Waals surface area contributed by atoms with Crippen molar-refractivity contribution in [1.29, 1.82) is 0 Å². The molecule has 2 aliphatic rings. The van der Waals surface area contributed by atoms with Gasteiger partial charge in [0.05, 0.1) is 0 Å². The molecule has 2 fully saturated rings. The van der Waals surface area contributed by atoms with Gasteiger partial charge in [0.2, 0.25) is 0 Å². The van der Waals surface area contributed by atoms with Crippen LogP contribution in [0.2, 0.25) is 0 Å². The van der Waals surface area contributed by atoms with Gasteiger partial charge in [0.1, 0.15) is 0 Å². The Morgan fingerprint density at radius 1 is 1.08 bits per heavy atom. The zero-order chi connectivity index (χ0) is 8.55. The summed E-state index contributed by atoms with van der Waals surface area (Å²) in [6, 6.07) is 0.751. The molecule has 0 amide bonds. The van der Waals surface area contributed by atoms with E-state index in [1.165, 1.54) is 32.2 Å². The maximum atomic E-state index is 3.63. The molecule has 0 bridgehead atoms. The summed E-state index contributed by atoms with van der Waals surface area (Å²) in [6.45, 7) is 6.00. The molecular formula is C11H21N. The highest BCUT2D eigenvalue weighted by atomic mass is 14.9. The molecule has 1 aliphatic heterocycles. The van der Waals surface area contributed by atoms with Gasteiger partial charge in [0.15, 0.2) is 0 Å². The minimum absolute atomic E-state index is 0.751. The van der Waals surface area contributed by atoms with Crippen LogP contribution in [-0.2, 0) is 0 Å². The summed E-state index contributed by atoms with van der Waals surface area (Å²) in [6.07, 6.45) is 5.98. The van der Waals surface area contributed by atoms with Crippen molar-refractivity contribution >= 4 is 0 Å². The Balaban J connectivity index is 1.84. The lowest BCUT2D eigenvalue weighted by atomic mass is 9.70. The van der Waals surface area contributed by atoms with Crippen molar-refractivity contribution in [3.8, 4) is 0 Å². The van der Waals surface area contributed by atoms with Gasteiger partial charge in [-0.25, -0.2) is 0 Å². The molecule has 0 spiro atoms. The average Bonchev–Trinajstić information content (AvgIpc) is 1.93. The average molecular weight is 167 g/mol. The van der Waals surface area contributed by atoms with E-state index in [9.17, 15) is 0 Å². The molecule has 1 N–H and O–H groups in total. The van der Waals surface area contributed by atoms with Crippen molar-refractivity contribution in [3.05, 3.63) is 0 Å². The van der Waals surface area contributed by atoms with E-state index in [4.69, 9.17) is 0 Å². The van der Waals surface area contributed by atoms with Gasteiger partial charge in [-0.1, -0.05) is 26.2 Å². The third-order valence-corrected chi connectivity index (χ3v) is 4.05. The fourth-order valence-corrected chi connectivity index (χ4v) is 2.57. The van der Waals surface area contributed by atoms with Crippen LogP contribution in [-0.4, -0.2) is 12.6 Å². The highest BCUT2D eigenvalue weighted by Crippen LogP contribution is 2.38. The van der Waals surface area contributed by atoms with E-state index in [-0.39, 0.29) is 0 Å². The van der Waals surface area contributed by atoms with E-state index in [0.29, 0.717) is 0 Å². The smallest absolute Gasteiger partial charge is 0.00645 e. The molecule has 1 heterocycles. The molecule has 70 valence electrons. The molecule has 1 saturated heterocycles. The van der Waals surface area contributed by atoms with Gasteiger partial charge in [-0.3, -0.25) is 0 Å². The van der Waals surface area contributed by atoms with Crippen molar-refractivity contribution < 1.29 is 0 Å². The topological polar surface area (TPSA) is 12.0 Å². The lowest BCUT2D eigenvalue weighted by molar-refractivity contribution is 0.129. The summed E-state index contributed by atoms with van der Waals surface area (Å²) in [7, 11) is 0. The second-order valence-corrected chi connectivity index (χ2v) is 4.86. The van der Waals surface area contributed by atoms with E-state index in [2.05, 4.69) is 19.2 Å². The first kappa shape index (κ1) is 8.55. The van der Waals surface area contributed by atoms with E-state index < -0.39 is 0 Å². The van der Waals surface area contributed by atoms with Crippen LogP contribution in [0.1, 0.15) is 39.5 Å². The highest BCUT2D eigenvalue weighted by molar-refractivity contribution is 4.86. The third-order valence-electron chi connectivity index (χ3n) is 4.05. The molecular weight excluding hydrogens is 146 g/mol. The lowest BCUT2D eigenvalue weighted by Crippen LogP contribution is -2.45. The van der Waals surface area contributed by atoms with Crippen molar-refractivity contribution in [2.45, 2.75) is 45.6 Å². The number of hydrogen-bond acceptors (Lipinski definition) is 1. The number of hydrogen-bond donors (Lipinski definition) is 1. The monoisotopic (exact) mass is 167 g/mol. The maximum absolute atomic E-state index is 3.63. The molecule has 1 aliphatic carbocycles. The molecule has 0 aromatic rings. The van der Waals surface area contributed by atoms with Crippen molar-refractivity contribution in [2.24, 2.45) is 17.8 Å². The molecule has 0 radical (unpaired) electrons. The minimum atomic E-state index is 0.751. The zero-order valence-electron chi connectivity index (χ0n) is 8.34.